The number of aromatic hydroxyl groups is 1. The van der Waals surface area contributed by atoms with Crippen LogP contribution in [0.25, 0.3) is 0 Å². The minimum atomic E-state index is -1.72. The molecule has 9 amide bonds. The number of piperidine rings is 1. The number of rotatable bonds is 15. The number of carbonyl (C=O) groups is 9. The Morgan fingerprint density at radius 1 is 0.800 bits per heavy atom. The quantitative estimate of drug-likeness (QED) is 0.0871. The number of phenols is 1. The standard InChI is InChI=1S/C49H71N9O12/c1-26(2)23-35-43(63)53-34-20-21-38(60)58(46(34)66)37(25-30-13-10-9-11-14-30)47(67)57(8)36(24-31-16-18-32(59)19-17-31)44(64)55-39(27(3)4)48(68)70-29(7)40(45(65)54-35)56-42(62)33(52-41(61)28(5)6)15-12-22-51-49(50)69/h9-11,13-14,16-19,26-29,33-40,59-60H,12,15,20-25H2,1-8H3,(H,52,61)(H,53,63)(H,54,65)(H,55,64)(H,56,62)(H3,50,51,69)/t29-,33-,34?,35-,36-,37-,38-,39-,40?/m0/s1. The van der Waals surface area contributed by atoms with Crippen molar-refractivity contribution in [3.05, 3.63) is 65.7 Å². The topological polar surface area (TPSA) is 308 Å². The molecule has 10 N–H and O–H groups in total. The number of phenolic OH excluding ortho intramolecular Hbond substituents is 1. The molecule has 2 aliphatic heterocycles. The molecular weight excluding hydrogens is 907 g/mol. The number of aliphatic hydroxyl groups excluding tert-OH is 1. The molecule has 0 aromatic heterocycles. The van der Waals surface area contributed by atoms with Crippen LogP contribution < -0.4 is 37.6 Å². The van der Waals surface area contributed by atoms with E-state index >= 15 is 4.79 Å². The molecule has 0 spiro atoms. The van der Waals surface area contributed by atoms with E-state index in [2.05, 4.69) is 31.9 Å². The summed E-state index contributed by atoms with van der Waals surface area (Å²) in [5.41, 5.74) is 6.33. The Bertz CT molecular complexity index is 2170. The number of esters is 1. The molecular formula is C49H71N9O12. The van der Waals surface area contributed by atoms with Gasteiger partial charge in [-0.15, -0.1) is 0 Å². The van der Waals surface area contributed by atoms with Gasteiger partial charge in [0.25, 0.3) is 0 Å². The van der Waals surface area contributed by atoms with E-state index in [1.165, 1.54) is 26.1 Å². The number of carbonyl (C=O) groups excluding carboxylic acids is 9. The summed E-state index contributed by atoms with van der Waals surface area (Å²) in [6, 6.07) is 4.05. The fraction of sp³-hybridized carbons (Fsp3) is 0.571. The first-order valence-corrected chi connectivity index (χ1v) is 23.8. The number of hydrogen-bond donors (Lipinski definition) is 9. The molecule has 21 heteroatoms. The van der Waals surface area contributed by atoms with Crippen LogP contribution in [0, 0.1) is 17.8 Å². The second kappa shape index (κ2) is 25.7. The van der Waals surface area contributed by atoms with Crippen LogP contribution >= 0.6 is 0 Å². The van der Waals surface area contributed by atoms with E-state index in [4.69, 9.17) is 10.5 Å². The van der Waals surface area contributed by atoms with Gasteiger partial charge in [0.2, 0.25) is 41.4 Å². The van der Waals surface area contributed by atoms with Gasteiger partial charge in [-0.05, 0) is 74.1 Å². The molecule has 21 nitrogen and oxygen atoms in total. The van der Waals surface area contributed by atoms with Gasteiger partial charge in [-0.25, -0.2) is 9.59 Å². The first kappa shape index (κ1) is 55.8. The van der Waals surface area contributed by atoms with Crippen LogP contribution in [0.1, 0.15) is 91.7 Å². The molecule has 2 aromatic rings. The Morgan fingerprint density at radius 2 is 1.43 bits per heavy atom. The van der Waals surface area contributed by atoms with Gasteiger partial charge in [0.15, 0.2) is 0 Å². The summed E-state index contributed by atoms with van der Waals surface area (Å²) in [4.78, 5) is 128. The van der Waals surface area contributed by atoms with Gasteiger partial charge in [-0.2, -0.15) is 0 Å². The number of benzene rings is 2. The zero-order valence-corrected chi connectivity index (χ0v) is 41.2. The molecule has 2 aromatic carbocycles. The second-order valence-electron chi connectivity index (χ2n) is 19.1. The fourth-order valence-electron chi connectivity index (χ4n) is 8.28. The number of hydrogen-bond acceptors (Lipinski definition) is 12. The van der Waals surface area contributed by atoms with E-state index in [0.717, 1.165) is 9.80 Å². The van der Waals surface area contributed by atoms with Crippen molar-refractivity contribution in [2.24, 2.45) is 23.5 Å². The third-order valence-corrected chi connectivity index (χ3v) is 12.3. The highest BCUT2D eigenvalue weighted by Gasteiger charge is 2.46. The Morgan fingerprint density at radius 3 is 2.03 bits per heavy atom. The highest BCUT2D eigenvalue weighted by Crippen LogP contribution is 2.26. The monoisotopic (exact) mass is 978 g/mol. The lowest BCUT2D eigenvalue weighted by Gasteiger charge is -2.43. The summed E-state index contributed by atoms with van der Waals surface area (Å²) < 4.78 is 5.90. The molecule has 2 unspecified atom stereocenters. The third-order valence-electron chi connectivity index (χ3n) is 12.3. The van der Waals surface area contributed by atoms with Crippen molar-refractivity contribution in [2.45, 2.75) is 148 Å². The van der Waals surface area contributed by atoms with Gasteiger partial charge in [0.05, 0.1) is 0 Å². The smallest absolute Gasteiger partial charge is 0.329 e. The zero-order chi connectivity index (χ0) is 52.0. The number of aliphatic hydroxyl groups is 1. The molecule has 2 fully saturated rings. The SMILES string of the molecule is CC(C)C[C@@H]1NC(=O)C(NC(=O)[C@H](CCCNC(N)=O)NC(=O)C(C)C)[C@H](C)OC(=O)[C@H](C(C)C)NC(=O)[C@H](Cc2ccc(O)cc2)N(C)C(=O)[C@H](Cc2ccccc2)N2C(=O)C(CC[C@@H]2O)NC1=O. The van der Waals surface area contributed by atoms with Crippen LogP contribution in [-0.4, -0.2) is 142 Å². The van der Waals surface area contributed by atoms with E-state index in [9.17, 15) is 48.6 Å². The fourth-order valence-corrected chi connectivity index (χ4v) is 8.28. The Balaban J connectivity index is 1.86. The van der Waals surface area contributed by atoms with Gasteiger partial charge in [0, 0.05) is 32.4 Å². The van der Waals surface area contributed by atoms with Crippen LogP contribution in [0.5, 0.6) is 5.75 Å². The Hall–Kier alpha value is -6.77. The minimum absolute atomic E-state index is 0.0253. The average molecular weight is 978 g/mol. The van der Waals surface area contributed by atoms with E-state index < -0.39 is 120 Å². The maximum atomic E-state index is 15.0. The number of nitrogens with two attached hydrogens (primary N) is 1. The van der Waals surface area contributed by atoms with Gasteiger partial charge in [0.1, 0.15) is 60.4 Å². The van der Waals surface area contributed by atoms with Crippen molar-refractivity contribution in [2.75, 3.05) is 13.6 Å². The van der Waals surface area contributed by atoms with Crippen molar-refractivity contribution in [1.29, 1.82) is 0 Å². The molecule has 2 bridgehead atoms. The highest BCUT2D eigenvalue weighted by molar-refractivity contribution is 5.98. The summed E-state index contributed by atoms with van der Waals surface area (Å²) in [5, 5.41) is 37.4. The first-order valence-electron chi connectivity index (χ1n) is 23.8. The average Bonchev–Trinajstić information content (AvgIpc) is 3.29. The molecule has 2 aliphatic rings. The van der Waals surface area contributed by atoms with Gasteiger partial charge in [-0.3, -0.25) is 33.6 Å². The largest absolute Gasteiger partial charge is 0.508 e. The number of ether oxygens (including phenoxy) is 1. The molecule has 384 valence electrons. The number of amides is 9. The van der Waals surface area contributed by atoms with E-state index in [1.807, 2.05) is 0 Å². The molecule has 4 rings (SSSR count). The first-order chi connectivity index (χ1) is 33.0. The molecule has 0 radical (unpaired) electrons. The normalized spacial score (nSPS) is 24.6. The number of fused-ring (bicyclic) bond motifs is 2. The minimum Gasteiger partial charge on any atom is -0.508 e. The van der Waals surface area contributed by atoms with Crippen molar-refractivity contribution < 1.29 is 58.1 Å². The number of nitrogens with zero attached hydrogens (tertiary/aromatic N) is 2. The van der Waals surface area contributed by atoms with Crippen molar-refractivity contribution in [1.82, 2.24) is 41.7 Å². The molecule has 2 heterocycles. The highest BCUT2D eigenvalue weighted by atomic mass is 16.5. The lowest BCUT2D eigenvalue weighted by Crippen LogP contribution is -2.65. The van der Waals surface area contributed by atoms with Crippen LogP contribution in [0.15, 0.2) is 54.6 Å². The summed E-state index contributed by atoms with van der Waals surface area (Å²) in [5.74, 6) is -7.99. The van der Waals surface area contributed by atoms with Gasteiger partial charge in [-0.1, -0.05) is 84.0 Å². The number of nitrogens with one attached hydrogen (secondary N) is 6. The van der Waals surface area contributed by atoms with E-state index in [0.29, 0.717) is 11.1 Å². The second-order valence-corrected chi connectivity index (χ2v) is 19.1. The molecule has 2 saturated heterocycles. The molecule has 70 heavy (non-hydrogen) atoms. The number of urea groups is 1. The maximum Gasteiger partial charge on any atom is 0.329 e. The van der Waals surface area contributed by atoms with Gasteiger partial charge >= 0.3 is 12.0 Å². The third kappa shape index (κ3) is 15.6. The van der Waals surface area contributed by atoms with Crippen molar-refractivity contribution >= 4 is 53.4 Å². The van der Waals surface area contributed by atoms with Crippen LogP contribution in [0.3, 0.4) is 0 Å². The molecule has 0 saturated carbocycles. The van der Waals surface area contributed by atoms with E-state index in [-0.39, 0.29) is 63.2 Å². The van der Waals surface area contributed by atoms with Crippen LogP contribution in [0.2, 0.25) is 0 Å². The maximum absolute atomic E-state index is 15.0. The number of likely N-dealkylation sites (N-methyl/N-ethyl adjacent to an activating group) is 1. The summed E-state index contributed by atoms with van der Waals surface area (Å²) in [6.07, 6.45) is -3.17. The number of primary amides is 1. The lowest BCUT2D eigenvalue weighted by atomic mass is 9.95. The van der Waals surface area contributed by atoms with Crippen molar-refractivity contribution in [3.8, 4) is 5.75 Å². The molecule has 9 atom stereocenters. The summed E-state index contributed by atoms with van der Waals surface area (Å²) >= 11 is 0. The Kier molecular flexibility index (Phi) is 20.5. The molecule has 0 aliphatic carbocycles. The lowest BCUT2D eigenvalue weighted by molar-refractivity contribution is -0.165. The summed E-state index contributed by atoms with van der Waals surface area (Å²) in [6.45, 7) is 11.4. The van der Waals surface area contributed by atoms with Gasteiger partial charge < -0.3 is 62.4 Å². The van der Waals surface area contributed by atoms with E-state index in [1.54, 1.807) is 84.0 Å². The predicted octanol–water partition coefficient (Wildman–Crippen LogP) is 0.490. The number of cyclic esters (lactones) is 1. The van der Waals surface area contributed by atoms with Crippen LogP contribution in [-0.2, 0) is 55.9 Å². The summed E-state index contributed by atoms with van der Waals surface area (Å²) in [7, 11) is 1.37. The Labute approximate surface area is 408 Å². The van der Waals surface area contributed by atoms with Crippen molar-refractivity contribution in [3.63, 3.8) is 0 Å². The predicted molar refractivity (Wildman–Crippen MR) is 256 cm³/mol. The zero-order valence-electron chi connectivity index (χ0n) is 41.2. The van der Waals surface area contributed by atoms with Crippen LogP contribution in [0.4, 0.5) is 4.79 Å².